The van der Waals surface area contributed by atoms with Crippen molar-refractivity contribution in [1.29, 1.82) is 0 Å². The largest absolute Gasteiger partial charge is 0.416 e. The lowest BCUT2D eigenvalue weighted by atomic mass is 10.1. The van der Waals surface area contributed by atoms with Gasteiger partial charge in [-0.3, -0.25) is 9.78 Å². The van der Waals surface area contributed by atoms with Crippen LogP contribution in [0.3, 0.4) is 0 Å². The molecule has 0 fully saturated rings. The molecular formula is C23H16F3N7O2. The molecule has 35 heavy (non-hydrogen) atoms. The summed E-state index contributed by atoms with van der Waals surface area (Å²) >= 11 is 0. The van der Waals surface area contributed by atoms with Crippen molar-refractivity contribution in [2.75, 3.05) is 0 Å². The number of halogens is 3. The number of amides is 1. The van der Waals surface area contributed by atoms with Gasteiger partial charge in [0.15, 0.2) is 5.82 Å². The Balaban J connectivity index is 1.32. The summed E-state index contributed by atoms with van der Waals surface area (Å²) in [6, 6.07) is 9.32. The van der Waals surface area contributed by atoms with Crippen LogP contribution < -0.4 is 5.32 Å². The molecule has 4 aromatic heterocycles. The van der Waals surface area contributed by atoms with Crippen LogP contribution in [-0.4, -0.2) is 36.0 Å². The predicted octanol–water partition coefficient (Wildman–Crippen LogP) is 4.58. The van der Waals surface area contributed by atoms with E-state index in [2.05, 4.69) is 35.4 Å². The van der Waals surface area contributed by atoms with Gasteiger partial charge in [0.1, 0.15) is 17.7 Å². The summed E-state index contributed by atoms with van der Waals surface area (Å²) in [5, 5.41) is 6.75. The Morgan fingerprint density at radius 1 is 1.09 bits per heavy atom. The molecule has 0 unspecified atom stereocenters. The number of benzene rings is 1. The van der Waals surface area contributed by atoms with Gasteiger partial charge in [-0.1, -0.05) is 5.16 Å². The maximum absolute atomic E-state index is 13.0. The number of hydrogen-bond acceptors (Lipinski definition) is 7. The Morgan fingerprint density at radius 3 is 2.66 bits per heavy atom. The molecule has 5 rings (SSSR count). The number of carbonyl (C=O) groups is 1. The molecule has 0 aliphatic rings. The summed E-state index contributed by atoms with van der Waals surface area (Å²) in [5.74, 6) is -0.00886. The molecule has 1 aromatic carbocycles. The number of nitrogens with one attached hydrogen (secondary N) is 2. The van der Waals surface area contributed by atoms with E-state index >= 15 is 0 Å². The van der Waals surface area contributed by atoms with Gasteiger partial charge in [-0.05, 0) is 43.3 Å². The normalized spacial score (nSPS) is 12.6. The summed E-state index contributed by atoms with van der Waals surface area (Å²) in [6.07, 6.45) is 0.0852. The molecule has 12 heteroatoms. The Hall–Kier alpha value is -4.61. The minimum Gasteiger partial charge on any atom is -0.353 e. The lowest BCUT2D eigenvalue weighted by Gasteiger charge is -2.10. The van der Waals surface area contributed by atoms with E-state index in [1.165, 1.54) is 12.4 Å². The molecular weight excluding hydrogens is 463 g/mol. The predicted molar refractivity (Wildman–Crippen MR) is 118 cm³/mol. The van der Waals surface area contributed by atoms with Crippen molar-refractivity contribution < 1.29 is 22.5 Å². The summed E-state index contributed by atoms with van der Waals surface area (Å²) < 4.78 is 44.2. The first-order valence-electron chi connectivity index (χ1n) is 10.4. The van der Waals surface area contributed by atoms with Crippen molar-refractivity contribution in [2.24, 2.45) is 0 Å². The van der Waals surface area contributed by atoms with Crippen LogP contribution in [0.1, 0.15) is 34.7 Å². The van der Waals surface area contributed by atoms with Gasteiger partial charge in [-0.2, -0.15) is 13.2 Å². The van der Waals surface area contributed by atoms with Gasteiger partial charge >= 0.3 is 6.18 Å². The summed E-state index contributed by atoms with van der Waals surface area (Å²) in [7, 11) is 0. The first-order chi connectivity index (χ1) is 16.8. The highest BCUT2D eigenvalue weighted by Crippen LogP contribution is 2.32. The summed E-state index contributed by atoms with van der Waals surface area (Å²) in [6.45, 7) is 1.71. The van der Waals surface area contributed by atoms with E-state index in [-0.39, 0.29) is 22.8 Å². The molecule has 1 amide bonds. The first kappa shape index (κ1) is 22.2. The quantitative estimate of drug-likeness (QED) is 0.378. The fourth-order valence-corrected chi connectivity index (χ4v) is 3.41. The Bertz CT molecular complexity index is 1510. The Morgan fingerprint density at radius 2 is 1.89 bits per heavy atom. The molecule has 0 bridgehead atoms. The third-order valence-electron chi connectivity index (χ3n) is 5.24. The smallest absolute Gasteiger partial charge is 0.353 e. The number of carbonyl (C=O) groups excluding carboxylic acids is 1. The molecule has 0 spiro atoms. The van der Waals surface area contributed by atoms with E-state index in [0.717, 1.165) is 17.7 Å². The number of nitrogens with zero attached hydrogens (tertiary/aromatic N) is 5. The molecule has 2 N–H and O–H groups in total. The molecule has 0 aliphatic heterocycles. The second-order valence-electron chi connectivity index (χ2n) is 7.65. The topological polar surface area (TPSA) is 122 Å². The van der Waals surface area contributed by atoms with Crippen LogP contribution in [0.4, 0.5) is 13.2 Å². The van der Waals surface area contributed by atoms with Crippen LogP contribution in [0.2, 0.25) is 0 Å². The van der Waals surface area contributed by atoms with E-state index in [1.807, 2.05) is 0 Å². The fourth-order valence-electron chi connectivity index (χ4n) is 3.41. The van der Waals surface area contributed by atoms with Crippen LogP contribution in [-0.2, 0) is 6.18 Å². The van der Waals surface area contributed by atoms with Crippen LogP contribution in [0.15, 0.2) is 65.7 Å². The highest BCUT2D eigenvalue weighted by atomic mass is 19.4. The minimum absolute atomic E-state index is 0.167. The maximum atomic E-state index is 13.0. The van der Waals surface area contributed by atoms with Crippen molar-refractivity contribution in [2.45, 2.75) is 19.1 Å². The van der Waals surface area contributed by atoms with Gasteiger partial charge < -0.3 is 14.8 Å². The average molecular weight is 479 g/mol. The van der Waals surface area contributed by atoms with E-state index in [1.54, 1.807) is 43.6 Å². The molecule has 0 saturated heterocycles. The van der Waals surface area contributed by atoms with Gasteiger partial charge in [-0.25, -0.2) is 15.0 Å². The summed E-state index contributed by atoms with van der Waals surface area (Å²) in [4.78, 5) is 32.0. The van der Waals surface area contributed by atoms with Gasteiger partial charge in [0.25, 0.3) is 5.91 Å². The number of alkyl halides is 3. The lowest BCUT2D eigenvalue weighted by Crippen LogP contribution is -2.27. The van der Waals surface area contributed by atoms with Crippen molar-refractivity contribution in [3.63, 3.8) is 0 Å². The lowest BCUT2D eigenvalue weighted by molar-refractivity contribution is -0.137. The molecule has 4 heterocycles. The zero-order valence-corrected chi connectivity index (χ0v) is 18.0. The zero-order chi connectivity index (χ0) is 24.6. The van der Waals surface area contributed by atoms with Crippen molar-refractivity contribution in [1.82, 2.24) is 35.4 Å². The molecule has 0 radical (unpaired) electrons. The molecule has 176 valence electrons. The molecule has 0 aliphatic carbocycles. The van der Waals surface area contributed by atoms with Gasteiger partial charge in [0, 0.05) is 24.0 Å². The molecule has 0 saturated carbocycles. The number of pyridine rings is 1. The molecule has 5 aromatic rings. The van der Waals surface area contributed by atoms with Crippen molar-refractivity contribution in [3.05, 3.63) is 78.1 Å². The number of H-pyrrole nitrogens is 1. The second kappa shape index (κ2) is 8.63. The van der Waals surface area contributed by atoms with Gasteiger partial charge in [0.05, 0.1) is 28.3 Å². The second-order valence-corrected chi connectivity index (χ2v) is 7.65. The first-order valence-corrected chi connectivity index (χ1v) is 10.4. The van der Waals surface area contributed by atoms with E-state index in [0.29, 0.717) is 16.9 Å². The SMILES string of the molecule is C[C@H](NC(=O)c1cc(-c2ccncc2)ncn1)c1cc(-c2nc3ccc(C(F)(F)F)cc3[nH]2)on1. The van der Waals surface area contributed by atoms with E-state index in [9.17, 15) is 18.0 Å². The summed E-state index contributed by atoms with van der Waals surface area (Å²) in [5.41, 5.74) is 1.70. The number of imidazole rings is 1. The van der Waals surface area contributed by atoms with Gasteiger partial charge in [0.2, 0.25) is 5.76 Å². The highest BCUT2D eigenvalue weighted by Gasteiger charge is 2.31. The van der Waals surface area contributed by atoms with Gasteiger partial charge in [-0.15, -0.1) is 0 Å². The van der Waals surface area contributed by atoms with Crippen LogP contribution in [0.5, 0.6) is 0 Å². The highest BCUT2D eigenvalue weighted by molar-refractivity contribution is 5.93. The van der Waals surface area contributed by atoms with Crippen LogP contribution >= 0.6 is 0 Å². The number of hydrogen-bond donors (Lipinski definition) is 2. The fraction of sp³-hybridized carbons (Fsp3) is 0.130. The average Bonchev–Trinajstić information content (AvgIpc) is 3.51. The number of aromatic nitrogens is 6. The number of fused-ring (bicyclic) bond motifs is 1. The Kier molecular flexibility index (Phi) is 5.47. The van der Waals surface area contributed by atoms with Crippen LogP contribution in [0.25, 0.3) is 33.9 Å². The monoisotopic (exact) mass is 479 g/mol. The third-order valence-corrected chi connectivity index (χ3v) is 5.24. The van der Waals surface area contributed by atoms with Crippen molar-refractivity contribution in [3.8, 4) is 22.8 Å². The molecule has 9 nitrogen and oxygen atoms in total. The standard InChI is InChI=1S/C23H16F3N7O2/c1-12(30-22(34)19-9-17(28-11-29-19)13-4-6-27-7-5-13)16-10-20(35-33-16)21-31-15-3-2-14(23(24,25)26)8-18(15)32-21/h2-12H,1H3,(H,30,34)(H,31,32)/t12-/m0/s1. The van der Waals surface area contributed by atoms with Crippen LogP contribution in [0, 0.1) is 0 Å². The minimum atomic E-state index is -4.46. The Labute approximate surface area is 195 Å². The maximum Gasteiger partial charge on any atom is 0.416 e. The third kappa shape index (κ3) is 4.58. The number of rotatable bonds is 5. The van der Waals surface area contributed by atoms with E-state index < -0.39 is 23.7 Å². The number of aromatic amines is 1. The van der Waals surface area contributed by atoms with Crippen molar-refractivity contribution >= 4 is 16.9 Å². The van der Waals surface area contributed by atoms with E-state index in [4.69, 9.17) is 4.52 Å². The molecule has 1 atom stereocenters. The zero-order valence-electron chi connectivity index (χ0n) is 18.0.